The lowest BCUT2D eigenvalue weighted by Gasteiger charge is -2.36. The third-order valence-corrected chi connectivity index (χ3v) is 7.05. The van der Waals surface area contributed by atoms with Gasteiger partial charge in [-0.2, -0.15) is 11.8 Å². The van der Waals surface area contributed by atoms with Crippen molar-refractivity contribution in [2.45, 2.75) is 78.0 Å². The van der Waals surface area contributed by atoms with E-state index in [2.05, 4.69) is 18.7 Å². The molecule has 0 spiro atoms. The van der Waals surface area contributed by atoms with Crippen molar-refractivity contribution in [1.82, 2.24) is 14.7 Å². The Balaban J connectivity index is 5.38. The molecular weight excluding hydrogens is 428 g/mol. The highest BCUT2D eigenvalue weighted by Crippen LogP contribution is 2.21. The van der Waals surface area contributed by atoms with Gasteiger partial charge in [-0.3, -0.25) is 14.4 Å². The van der Waals surface area contributed by atoms with Gasteiger partial charge in [0.25, 0.3) is 0 Å². The number of carbonyl (C=O) groups is 3. The molecule has 0 aliphatic rings. The molecule has 9 heteroatoms. The number of likely N-dealkylation sites (N-methyl/N-ethyl adjacent to an activating group) is 2. The largest absolute Gasteiger partial charge is 0.379 e. The highest BCUT2D eigenvalue weighted by atomic mass is 32.2. The number of carbonyl (C=O) groups excluding carboxylic acids is 3. The molecule has 0 rings (SSSR count). The molecule has 3 amide bonds. The van der Waals surface area contributed by atoms with Crippen LogP contribution in [0.3, 0.4) is 0 Å². The number of nitrogens with two attached hydrogens (primary N) is 1. The molecule has 0 aromatic rings. The van der Waals surface area contributed by atoms with E-state index >= 15 is 0 Å². The van der Waals surface area contributed by atoms with Gasteiger partial charge in [0, 0.05) is 39.8 Å². The van der Waals surface area contributed by atoms with Crippen LogP contribution in [0.4, 0.5) is 0 Å². The van der Waals surface area contributed by atoms with Crippen LogP contribution in [0, 0.1) is 0 Å². The highest BCUT2D eigenvalue weighted by Gasteiger charge is 2.36. The zero-order valence-corrected chi connectivity index (χ0v) is 22.3. The molecule has 2 atom stereocenters. The Morgan fingerprint density at radius 2 is 1.62 bits per heavy atom. The van der Waals surface area contributed by atoms with Crippen molar-refractivity contribution < 1.29 is 19.1 Å². The fourth-order valence-corrected chi connectivity index (χ4v) is 4.49. The van der Waals surface area contributed by atoms with Gasteiger partial charge >= 0.3 is 0 Å². The van der Waals surface area contributed by atoms with Gasteiger partial charge < -0.3 is 25.2 Å². The number of amides is 3. The Bertz CT molecular complexity index is 584. The lowest BCUT2D eigenvalue weighted by molar-refractivity contribution is -0.147. The molecule has 0 radical (unpaired) electrons. The van der Waals surface area contributed by atoms with E-state index in [0.717, 1.165) is 31.8 Å². The second-order valence-corrected chi connectivity index (χ2v) is 9.91. The maximum Gasteiger partial charge on any atom is 0.246 e. The van der Waals surface area contributed by atoms with Crippen molar-refractivity contribution in [3.8, 4) is 0 Å². The molecule has 0 unspecified atom stereocenters. The standard InChI is InChI=1S/C23H46N4O4S/c1-9-13-20(28)25(6)19(17-32-15-12-14-27(10-2)11-3)22(30)26(7)18(21(24)29)16-23(4,5)31-8/h18-19H,9-17H2,1-8H3,(H2,24,29)/t18-,19+/m0/s1. The molecule has 8 nitrogen and oxygen atoms in total. The predicted octanol–water partition coefficient (Wildman–Crippen LogP) is 2.21. The van der Waals surface area contributed by atoms with Gasteiger partial charge in [0.05, 0.1) is 5.60 Å². The van der Waals surface area contributed by atoms with Crippen LogP contribution >= 0.6 is 11.8 Å². The summed E-state index contributed by atoms with van der Waals surface area (Å²) in [6, 6.07) is -1.47. The van der Waals surface area contributed by atoms with Crippen LogP contribution in [-0.2, 0) is 19.1 Å². The molecule has 0 aliphatic heterocycles. The third-order valence-electron chi connectivity index (χ3n) is 5.92. The first-order chi connectivity index (χ1) is 14.9. The number of methoxy groups -OCH3 is 1. The molecule has 0 saturated carbocycles. The molecule has 0 aromatic heterocycles. The van der Waals surface area contributed by atoms with Gasteiger partial charge in [0.15, 0.2) is 0 Å². The minimum absolute atomic E-state index is 0.0733. The third kappa shape index (κ3) is 10.5. The zero-order chi connectivity index (χ0) is 24.9. The number of primary amides is 1. The van der Waals surface area contributed by atoms with Gasteiger partial charge in [-0.1, -0.05) is 20.8 Å². The van der Waals surface area contributed by atoms with Crippen LogP contribution in [0.25, 0.3) is 0 Å². The van der Waals surface area contributed by atoms with E-state index in [4.69, 9.17) is 10.5 Å². The van der Waals surface area contributed by atoms with Crippen LogP contribution in [0.2, 0.25) is 0 Å². The second-order valence-electron chi connectivity index (χ2n) is 8.76. The number of rotatable bonds is 17. The van der Waals surface area contributed by atoms with E-state index in [1.54, 1.807) is 33.0 Å². The first-order valence-electron chi connectivity index (χ1n) is 11.6. The second kappa shape index (κ2) is 15.5. The summed E-state index contributed by atoms with van der Waals surface area (Å²) in [6.45, 7) is 13.0. The lowest BCUT2D eigenvalue weighted by Crippen LogP contribution is -2.56. The van der Waals surface area contributed by atoms with Gasteiger partial charge in [0.1, 0.15) is 12.1 Å². The number of nitrogens with zero attached hydrogens (tertiary/aromatic N) is 3. The molecule has 0 heterocycles. The molecular formula is C23H46N4O4S. The van der Waals surface area contributed by atoms with Crippen molar-refractivity contribution in [1.29, 1.82) is 0 Å². The fourth-order valence-electron chi connectivity index (χ4n) is 3.40. The normalized spacial score (nSPS) is 13.7. The van der Waals surface area contributed by atoms with Gasteiger partial charge in [0.2, 0.25) is 17.7 Å². The van der Waals surface area contributed by atoms with E-state index in [9.17, 15) is 14.4 Å². The minimum atomic E-state index is -0.817. The summed E-state index contributed by atoms with van der Waals surface area (Å²) in [5.41, 5.74) is 5.02. The summed E-state index contributed by atoms with van der Waals surface area (Å²) in [6.07, 6.45) is 2.38. The monoisotopic (exact) mass is 474 g/mol. The Morgan fingerprint density at radius 1 is 1.03 bits per heavy atom. The van der Waals surface area contributed by atoms with Crippen LogP contribution in [0.15, 0.2) is 0 Å². The van der Waals surface area contributed by atoms with Crippen LogP contribution in [0.1, 0.15) is 60.3 Å². The van der Waals surface area contributed by atoms with Crippen LogP contribution < -0.4 is 5.73 Å². The van der Waals surface area contributed by atoms with E-state index < -0.39 is 23.6 Å². The predicted molar refractivity (Wildman–Crippen MR) is 133 cm³/mol. The van der Waals surface area contributed by atoms with E-state index in [1.165, 1.54) is 9.80 Å². The summed E-state index contributed by atoms with van der Waals surface area (Å²) in [5.74, 6) is 0.446. The molecule has 32 heavy (non-hydrogen) atoms. The number of ether oxygens (including phenoxy) is 1. The Morgan fingerprint density at radius 3 is 2.09 bits per heavy atom. The molecule has 0 aromatic carbocycles. The summed E-state index contributed by atoms with van der Waals surface area (Å²) in [4.78, 5) is 43.5. The Labute approximate surface area is 199 Å². The van der Waals surface area contributed by atoms with Crippen LogP contribution in [0.5, 0.6) is 0 Å². The molecule has 0 saturated heterocycles. The smallest absolute Gasteiger partial charge is 0.246 e. The zero-order valence-electron chi connectivity index (χ0n) is 21.5. The van der Waals surface area contributed by atoms with Crippen molar-refractivity contribution in [3.05, 3.63) is 0 Å². The van der Waals surface area contributed by atoms with Crippen LogP contribution in [-0.4, -0.2) is 102 Å². The minimum Gasteiger partial charge on any atom is -0.379 e. The van der Waals surface area contributed by atoms with Crippen molar-refractivity contribution >= 4 is 29.5 Å². The summed E-state index contributed by atoms with van der Waals surface area (Å²) in [7, 11) is 4.82. The van der Waals surface area contributed by atoms with Crippen molar-refractivity contribution in [2.24, 2.45) is 5.73 Å². The quantitative estimate of drug-likeness (QED) is 0.325. The summed E-state index contributed by atoms with van der Waals surface area (Å²) >= 11 is 1.66. The first kappa shape index (κ1) is 30.7. The molecule has 0 fully saturated rings. The molecule has 2 N–H and O–H groups in total. The Kier molecular flexibility index (Phi) is 14.9. The maximum atomic E-state index is 13.4. The lowest BCUT2D eigenvalue weighted by atomic mass is 9.97. The van der Waals surface area contributed by atoms with Gasteiger partial charge in [-0.25, -0.2) is 0 Å². The maximum absolute atomic E-state index is 13.4. The SMILES string of the molecule is CCCC(=O)N(C)[C@H](CSCCCN(CC)CC)C(=O)N(C)[C@@H](CC(C)(C)OC)C(N)=O. The van der Waals surface area contributed by atoms with E-state index in [0.29, 0.717) is 18.6 Å². The van der Waals surface area contributed by atoms with Crippen molar-refractivity contribution in [3.63, 3.8) is 0 Å². The number of thioether (sulfide) groups is 1. The summed E-state index contributed by atoms with van der Waals surface area (Å²) in [5, 5.41) is 0. The van der Waals surface area contributed by atoms with Gasteiger partial charge in [-0.05, 0) is 52.1 Å². The first-order valence-corrected chi connectivity index (χ1v) is 12.8. The summed E-state index contributed by atoms with van der Waals surface area (Å²) < 4.78 is 5.44. The molecule has 0 aliphatic carbocycles. The number of hydrogen-bond donors (Lipinski definition) is 1. The van der Waals surface area contributed by atoms with Crippen molar-refractivity contribution in [2.75, 3.05) is 52.3 Å². The molecule has 0 bridgehead atoms. The molecule has 188 valence electrons. The topological polar surface area (TPSA) is 96.2 Å². The average Bonchev–Trinajstić information content (AvgIpc) is 2.75. The van der Waals surface area contributed by atoms with E-state index in [1.807, 2.05) is 20.8 Å². The van der Waals surface area contributed by atoms with E-state index in [-0.39, 0.29) is 18.2 Å². The highest BCUT2D eigenvalue weighted by molar-refractivity contribution is 7.99. The number of hydrogen-bond acceptors (Lipinski definition) is 6. The van der Waals surface area contributed by atoms with Gasteiger partial charge in [-0.15, -0.1) is 0 Å². The Hall–Kier alpha value is -1.32. The fraction of sp³-hybridized carbons (Fsp3) is 0.870. The average molecular weight is 475 g/mol.